The summed E-state index contributed by atoms with van der Waals surface area (Å²) in [5.41, 5.74) is 10.5. The molecular formula is C27H19N. The molecule has 0 radical (unpaired) electrons. The maximum atomic E-state index is 3.53. The Hall–Kier alpha value is -3.58. The highest BCUT2D eigenvalue weighted by molar-refractivity contribution is 5.86. The Morgan fingerprint density at radius 1 is 0.571 bits per heavy atom. The van der Waals surface area contributed by atoms with Crippen molar-refractivity contribution in [3.05, 3.63) is 120 Å². The van der Waals surface area contributed by atoms with Crippen LogP contribution in [0.5, 0.6) is 0 Å². The monoisotopic (exact) mass is 357 g/mol. The van der Waals surface area contributed by atoms with E-state index in [2.05, 4.69) is 108 Å². The zero-order valence-electron chi connectivity index (χ0n) is 15.4. The molecule has 132 valence electrons. The normalized spacial score (nSPS) is 12.9. The molecule has 0 spiro atoms. The van der Waals surface area contributed by atoms with Crippen LogP contribution >= 0.6 is 0 Å². The third-order valence-electron chi connectivity index (χ3n) is 5.92. The fourth-order valence-electron chi connectivity index (χ4n) is 4.60. The van der Waals surface area contributed by atoms with Gasteiger partial charge >= 0.3 is 0 Å². The lowest BCUT2D eigenvalue weighted by molar-refractivity contribution is 1.02. The van der Waals surface area contributed by atoms with Gasteiger partial charge in [0.25, 0.3) is 0 Å². The third-order valence-corrected chi connectivity index (χ3v) is 5.92. The number of hydrogen-bond acceptors (Lipinski definition) is 0. The molecule has 0 unspecified atom stereocenters. The highest BCUT2D eigenvalue weighted by Crippen LogP contribution is 2.47. The maximum absolute atomic E-state index is 3.53. The fourth-order valence-corrected chi connectivity index (χ4v) is 4.60. The molecule has 0 aliphatic heterocycles. The van der Waals surface area contributed by atoms with Gasteiger partial charge in [-0.3, -0.25) is 0 Å². The van der Waals surface area contributed by atoms with Gasteiger partial charge in [-0.1, -0.05) is 91.0 Å². The Labute approximate surface area is 164 Å². The molecular weight excluding hydrogens is 338 g/mol. The minimum Gasteiger partial charge on any atom is -0.355 e. The van der Waals surface area contributed by atoms with E-state index in [1.807, 2.05) is 0 Å². The first-order valence-electron chi connectivity index (χ1n) is 9.75. The van der Waals surface area contributed by atoms with Crippen molar-refractivity contribution in [3.63, 3.8) is 0 Å². The molecule has 6 rings (SSSR count). The molecule has 1 N–H and O–H groups in total. The summed E-state index contributed by atoms with van der Waals surface area (Å²) in [5.74, 6) is 0.309. The average Bonchev–Trinajstić information content (AvgIpc) is 3.33. The molecule has 0 atom stereocenters. The van der Waals surface area contributed by atoms with Crippen LogP contribution in [0.2, 0.25) is 0 Å². The standard InChI is InChI=1S/C27H19N/c1-6-12-25-20(7-1)17-26(28-25)18-13-15-19(16-14-18)27-23-10-4-2-8-21(23)22-9-3-5-11-24(22)27/h1-17,27-28H. The zero-order chi connectivity index (χ0) is 18.5. The largest absolute Gasteiger partial charge is 0.355 e. The van der Waals surface area contributed by atoms with Gasteiger partial charge in [-0.15, -0.1) is 0 Å². The predicted molar refractivity (Wildman–Crippen MR) is 117 cm³/mol. The number of aromatic amines is 1. The number of para-hydroxylation sites is 1. The quantitative estimate of drug-likeness (QED) is 0.343. The van der Waals surface area contributed by atoms with Crippen LogP contribution in [-0.4, -0.2) is 4.98 Å². The Kier molecular flexibility index (Phi) is 3.30. The lowest BCUT2D eigenvalue weighted by Gasteiger charge is -2.14. The summed E-state index contributed by atoms with van der Waals surface area (Å²) < 4.78 is 0. The van der Waals surface area contributed by atoms with Crippen molar-refractivity contribution in [2.45, 2.75) is 5.92 Å². The van der Waals surface area contributed by atoms with Crippen molar-refractivity contribution in [2.24, 2.45) is 0 Å². The second kappa shape index (κ2) is 5.97. The number of H-pyrrole nitrogens is 1. The van der Waals surface area contributed by atoms with Crippen LogP contribution in [-0.2, 0) is 0 Å². The van der Waals surface area contributed by atoms with Crippen molar-refractivity contribution < 1.29 is 0 Å². The lowest BCUT2D eigenvalue weighted by atomic mass is 9.89. The summed E-state index contributed by atoms with van der Waals surface area (Å²) in [4.78, 5) is 3.53. The molecule has 0 bridgehead atoms. The first-order valence-corrected chi connectivity index (χ1v) is 9.75. The van der Waals surface area contributed by atoms with E-state index in [1.165, 1.54) is 50.0 Å². The van der Waals surface area contributed by atoms with E-state index in [4.69, 9.17) is 0 Å². The summed E-state index contributed by atoms with van der Waals surface area (Å²) >= 11 is 0. The van der Waals surface area contributed by atoms with Gasteiger partial charge < -0.3 is 4.98 Å². The number of fused-ring (bicyclic) bond motifs is 4. The molecule has 28 heavy (non-hydrogen) atoms. The van der Waals surface area contributed by atoms with Crippen LogP contribution < -0.4 is 0 Å². The predicted octanol–water partition coefficient (Wildman–Crippen LogP) is 7.00. The molecule has 5 aromatic rings. The summed E-state index contributed by atoms with van der Waals surface area (Å²) in [5, 5.41) is 1.25. The Morgan fingerprint density at radius 2 is 1.18 bits per heavy atom. The zero-order valence-corrected chi connectivity index (χ0v) is 15.4. The van der Waals surface area contributed by atoms with E-state index in [9.17, 15) is 0 Å². The van der Waals surface area contributed by atoms with Crippen LogP contribution in [0.3, 0.4) is 0 Å². The number of rotatable bonds is 2. The average molecular weight is 357 g/mol. The maximum Gasteiger partial charge on any atom is 0.0464 e. The summed E-state index contributed by atoms with van der Waals surface area (Å²) in [6, 6.07) is 37.3. The first-order chi connectivity index (χ1) is 13.9. The van der Waals surface area contributed by atoms with Crippen molar-refractivity contribution in [3.8, 4) is 22.4 Å². The van der Waals surface area contributed by atoms with Crippen molar-refractivity contribution in [1.29, 1.82) is 0 Å². The lowest BCUT2D eigenvalue weighted by Crippen LogP contribution is -1.98. The van der Waals surface area contributed by atoms with E-state index in [-0.39, 0.29) is 0 Å². The van der Waals surface area contributed by atoms with Gasteiger partial charge in [0.05, 0.1) is 0 Å². The topological polar surface area (TPSA) is 15.8 Å². The second-order valence-corrected chi connectivity index (χ2v) is 7.50. The van der Waals surface area contributed by atoms with Gasteiger partial charge in [-0.05, 0) is 45.5 Å². The first kappa shape index (κ1) is 15.5. The minimum atomic E-state index is 0.309. The molecule has 0 fully saturated rings. The van der Waals surface area contributed by atoms with E-state index in [0.717, 1.165) is 0 Å². The van der Waals surface area contributed by atoms with E-state index in [0.29, 0.717) is 5.92 Å². The molecule has 1 heterocycles. The number of nitrogens with one attached hydrogen (secondary N) is 1. The summed E-state index contributed by atoms with van der Waals surface area (Å²) in [6.45, 7) is 0. The van der Waals surface area contributed by atoms with Crippen LogP contribution in [0, 0.1) is 0 Å². The molecule has 0 saturated carbocycles. The molecule has 0 saturated heterocycles. The van der Waals surface area contributed by atoms with Crippen LogP contribution in [0.1, 0.15) is 22.6 Å². The summed E-state index contributed by atoms with van der Waals surface area (Å²) in [7, 11) is 0. The smallest absolute Gasteiger partial charge is 0.0464 e. The van der Waals surface area contributed by atoms with Crippen molar-refractivity contribution >= 4 is 10.9 Å². The highest BCUT2D eigenvalue weighted by atomic mass is 14.7. The third kappa shape index (κ3) is 2.26. The number of benzene rings is 4. The van der Waals surface area contributed by atoms with Crippen molar-refractivity contribution in [1.82, 2.24) is 4.98 Å². The second-order valence-electron chi connectivity index (χ2n) is 7.50. The highest BCUT2D eigenvalue weighted by Gasteiger charge is 2.29. The minimum absolute atomic E-state index is 0.309. The van der Waals surface area contributed by atoms with E-state index < -0.39 is 0 Å². The Morgan fingerprint density at radius 3 is 1.86 bits per heavy atom. The van der Waals surface area contributed by atoms with Gasteiger partial charge in [-0.25, -0.2) is 0 Å². The molecule has 1 aliphatic carbocycles. The number of aromatic nitrogens is 1. The van der Waals surface area contributed by atoms with Gasteiger partial charge in [-0.2, -0.15) is 0 Å². The van der Waals surface area contributed by atoms with Gasteiger partial charge in [0.2, 0.25) is 0 Å². The Bertz CT molecular complexity index is 1230. The Balaban J connectivity index is 1.44. The van der Waals surface area contributed by atoms with Gasteiger partial charge in [0.1, 0.15) is 0 Å². The summed E-state index contributed by atoms with van der Waals surface area (Å²) in [6.07, 6.45) is 0. The van der Waals surface area contributed by atoms with Gasteiger partial charge in [0, 0.05) is 22.5 Å². The van der Waals surface area contributed by atoms with Crippen molar-refractivity contribution in [2.75, 3.05) is 0 Å². The SMILES string of the molecule is c1ccc2c(c1)-c1ccccc1C2c1ccc(-c2cc3ccccc3[nH]2)cc1. The van der Waals surface area contributed by atoms with Crippen LogP contribution in [0.25, 0.3) is 33.3 Å². The molecule has 4 aromatic carbocycles. The molecule has 0 amide bonds. The van der Waals surface area contributed by atoms with E-state index >= 15 is 0 Å². The van der Waals surface area contributed by atoms with Crippen LogP contribution in [0.15, 0.2) is 103 Å². The van der Waals surface area contributed by atoms with Gasteiger partial charge in [0.15, 0.2) is 0 Å². The van der Waals surface area contributed by atoms with Crippen LogP contribution in [0.4, 0.5) is 0 Å². The molecule has 1 heteroatoms. The molecule has 1 aliphatic rings. The fraction of sp³-hybridized carbons (Fsp3) is 0.0370. The molecule has 1 nitrogen and oxygen atoms in total. The van der Waals surface area contributed by atoms with E-state index in [1.54, 1.807) is 0 Å². The number of hydrogen-bond donors (Lipinski definition) is 1. The molecule has 1 aromatic heterocycles.